The van der Waals surface area contributed by atoms with Crippen LogP contribution in [0.4, 0.5) is 4.79 Å². The van der Waals surface area contributed by atoms with E-state index in [9.17, 15) is 4.79 Å². The summed E-state index contributed by atoms with van der Waals surface area (Å²) in [5.41, 5.74) is 1.20. The van der Waals surface area contributed by atoms with Crippen molar-refractivity contribution in [2.75, 3.05) is 19.6 Å². The Bertz CT molecular complexity index is 427. The first-order chi connectivity index (χ1) is 8.20. The van der Waals surface area contributed by atoms with E-state index in [4.69, 9.17) is 11.6 Å². The standard InChI is InChI=1S/C13H15ClN2O/c1-2-6-15-13(17)16-8-11(9-16)10-4-3-5-12(14)7-10/h2-5,7,11H,1,6,8-9H2,(H,15,17). The van der Waals surface area contributed by atoms with E-state index in [1.165, 1.54) is 5.56 Å². The minimum absolute atomic E-state index is 0.0248. The Morgan fingerprint density at radius 2 is 2.35 bits per heavy atom. The zero-order valence-corrected chi connectivity index (χ0v) is 10.3. The first-order valence-electron chi connectivity index (χ1n) is 5.60. The fourth-order valence-corrected chi connectivity index (χ4v) is 2.09. The average Bonchev–Trinajstić information content (AvgIpc) is 2.24. The molecule has 1 N–H and O–H groups in total. The summed E-state index contributed by atoms with van der Waals surface area (Å²) in [4.78, 5) is 13.4. The van der Waals surface area contributed by atoms with Gasteiger partial charge in [0.15, 0.2) is 0 Å². The zero-order chi connectivity index (χ0) is 12.3. The van der Waals surface area contributed by atoms with E-state index in [1.54, 1.807) is 11.0 Å². The van der Waals surface area contributed by atoms with Gasteiger partial charge in [-0.1, -0.05) is 29.8 Å². The molecule has 1 aliphatic rings. The van der Waals surface area contributed by atoms with Gasteiger partial charge in [0.25, 0.3) is 0 Å². The number of likely N-dealkylation sites (tertiary alicyclic amines) is 1. The van der Waals surface area contributed by atoms with E-state index < -0.39 is 0 Å². The molecule has 0 aromatic heterocycles. The number of carbonyl (C=O) groups is 1. The van der Waals surface area contributed by atoms with E-state index >= 15 is 0 Å². The van der Waals surface area contributed by atoms with Crippen LogP contribution in [0.3, 0.4) is 0 Å². The maximum absolute atomic E-state index is 11.6. The second kappa shape index (κ2) is 5.23. The number of hydrogen-bond acceptors (Lipinski definition) is 1. The lowest BCUT2D eigenvalue weighted by Gasteiger charge is -2.39. The summed E-state index contributed by atoms with van der Waals surface area (Å²) in [6.07, 6.45) is 1.67. The molecular formula is C13H15ClN2O. The topological polar surface area (TPSA) is 32.3 Å². The Kier molecular flexibility index (Phi) is 3.69. The molecule has 1 fully saturated rings. The maximum atomic E-state index is 11.6. The quantitative estimate of drug-likeness (QED) is 0.822. The monoisotopic (exact) mass is 250 g/mol. The molecule has 90 valence electrons. The van der Waals surface area contributed by atoms with Gasteiger partial charge in [0.1, 0.15) is 0 Å². The van der Waals surface area contributed by atoms with Crippen molar-refractivity contribution in [3.8, 4) is 0 Å². The molecule has 0 bridgehead atoms. The van der Waals surface area contributed by atoms with Gasteiger partial charge in [-0.25, -0.2) is 4.79 Å². The molecule has 0 unspecified atom stereocenters. The Labute approximate surface area is 106 Å². The van der Waals surface area contributed by atoms with E-state index in [-0.39, 0.29) is 6.03 Å². The van der Waals surface area contributed by atoms with Crippen LogP contribution in [0.2, 0.25) is 5.02 Å². The second-order valence-corrected chi connectivity index (χ2v) is 4.57. The Balaban J connectivity index is 1.86. The lowest BCUT2D eigenvalue weighted by Crippen LogP contribution is -2.52. The van der Waals surface area contributed by atoms with Crippen molar-refractivity contribution in [1.29, 1.82) is 0 Å². The highest BCUT2D eigenvalue weighted by Gasteiger charge is 2.31. The molecule has 1 saturated heterocycles. The van der Waals surface area contributed by atoms with Gasteiger partial charge in [0, 0.05) is 30.6 Å². The van der Waals surface area contributed by atoms with Crippen LogP contribution in [0.15, 0.2) is 36.9 Å². The van der Waals surface area contributed by atoms with Crippen LogP contribution in [-0.2, 0) is 0 Å². The molecule has 1 heterocycles. The maximum Gasteiger partial charge on any atom is 0.317 e. The van der Waals surface area contributed by atoms with Gasteiger partial charge in [-0.3, -0.25) is 0 Å². The summed E-state index contributed by atoms with van der Waals surface area (Å²) < 4.78 is 0. The summed E-state index contributed by atoms with van der Waals surface area (Å²) >= 11 is 5.93. The smallest absolute Gasteiger partial charge is 0.317 e. The third-order valence-corrected chi connectivity index (χ3v) is 3.12. The number of nitrogens with zero attached hydrogens (tertiary/aromatic N) is 1. The van der Waals surface area contributed by atoms with Crippen molar-refractivity contribution in [2.45, 2.75) is 5.92 Å². The molecule has 0 saturated carbocycles. The second-order valence-electron chi connectivity index (χ2n) is 4.13. The van der Waals surface area contributed by atoms with Crippen LogP contribution in [-0.4, -0.2) is 30.6 Å². The van der Waals surface area contributed by atoms with Crippen LogP contribution in [0, 0.1) is 0 Å². The normalized spacial score (nSPS) is 15.2. The fraction of sp³-hybridized carbons (Fsp3) is 0.308. The molecule has 4 heteroatoms. The molecule has 0 aliphatic carbocycles. The molecule has 2 rings (SSSR count). The highest BCUT2D eigenvalue weighted by atomic mass is 35.5. The van der Waals surface area contributed by atoms with E-state index in [1.807, 2.05) is 18.2 Å². The van der Waals surface area contributed by atoms with Crippen molar-refractivity contribution in [1.82, 2.24) is 10.2 Å². The molecule has 1 aromatic rings. The van der Waals surface area contributed by atoms with Crippen molar-refractivity contribution in [2.24, 2.45) is 0 Å². The fourth-order valence-electron chi connectivity index (χ4n) is 1.89. The molecule has 2 amide bonds. The molecule has 17 heavy (non-hydrogen) atoms. The summed E-state index contributed by atoms with van der Waals surface area (Å²) in [6, 6.07) is 7.79. The number of nitrogens with one attached hydrogen (secondary N) is 1. The number of hydrogen-bond donors (Lipinski definition) is 1. The highest BCUT2D eigenvalue weighted by molar-refractivity contribution is 6.30. The Hall–Kier alpha value is -1.48. The molecule has 0 radical (unpaired) electrons. The van der Waals surface area contributed by atoms with Crippen LogP contribution in [0.1, 0.15) is 11.5 Å². The van der Waals surface area contributed by atoms with Crippen molar-refractivity contribution >= 4 is 17.6 Å². The van der Waals surface area contributed by atoms with Gasteiger partial charge in [-0.05, 0) is 17.7 Å². The van der Waals surface area contributed by atoms with Crippen molar-refractivity contribution in [3.63, 3.8) is 0 Å². The zero-order valence-electron chi connectivity index (χ0n) is 9.53. The predicted octanol–water partition coefficient (Wildman–Crippen LogP) is 2.63. The number of carbonyl (C=O) groups excluding carboxylic acids is 1. The Morgan fingerprint density at radius 1 is 1.59 bits per heavy atom. The number of amides is 2. The SMILES string of the molecule is C=CCNC(=O)N1CC(c2cccc(Cl)c2)C1. The number of benzene rings is 1. The third kappa shape index (κ3) is 2.80. The third-order valence-electron chi connectivity index (χ3n) is 2.89. The number of urea groups is 1. The van der Waals surface area contributed by atoms with E-state index in [0.717, 1.165) is 18.1 Å². The molecule has 1 aromatic carbocycles. The average molecular weight is 251 g/mol. The van der Waals surface area contributed by atoms with E-state index in [0.29, 0.717) is 12.5 Å². The van der Waals surface area contributed by atoms with Gasteiger partial charge < -0.3 is 10.2 Å². The molecule has 0 atom stereocenters. The van der Waals surface area contributed by atoms with Gasteiger partial charge in [0.05, 0.1) is 0 Å². The van der Waals surface area contributed by atoms with Crippen LogP contribution in [0.5, 0.6) is 0 Å². The van der Waals surface area contributed by atoms with Gasteiger partial charge in [-0.2, -0.15) is 0 Å². The lowest BCUT2D eigenvalue weighted by atomic mass is 9.92. The summed E-state index contributed by atoms with van der Waals surface area (Å²) in [5, 5.41) is 3.51. The molecule has 0 spiro atoms. The summed E-state index contributed by atoms with van der Waals surface area (Å²) in [7, 11) is 0. The first kappa shape index (κ1) is 12.0. The minimum atomic E-state index is -0.0248. The van der Waals surface area contributed by atoms with Gasteiger partial charge >= 0.3 is 6.03 Å². The summed E-state index contributed by atoms with van der Waals surface area (Å²) in [5.74, 6) is 0.406. The van der Waals surface area contributed by atoms with Crippen LogP contribution in [0.25, 0.3) is 0 Å². The van der Waals surface area contributed by atoms with E-state index in [2.05, 4.69) is 18.0 Å². The highest BCUT2D eigenvalue weighted by Crippen LogP contribution is 2.28. The van der Waals surface area contributed by atoms with Crippen LogP contribution < -0.4 is 5.32 Å². The van der Waals surface area contributed by atoms with Gasteiger partial charge in [-0.15, -0.1) is 6.58 Å². The minimum Gasteiger partial charge on any atom is -0.335 e. The number of rotatable bonds is 3. The lowest BCUT2D eigenvalue weighted by molar-refractivity contribution is 0.152. The van der Waals surface area contributed by atoms with Crippen molar-refractivity contribution in [3.05, 3.63) is 47.5 Å². The molecule has 1 aliphatic heterocycles. The largest absolute Gasteiger partial charge is 0.335 e. The molecular weight excluding hydrogens is 236 g/mol. The van der Waals surface area contributed by atoms with Crippen LogP contribution >= 0.6 is 11.6 Å². The first-order valence-corrected chi connectivity index (χ1v) is 5.97. The predicted molar refractivity (Wildman–Crippen MR) is 69.4 cm³/mol. The molecule has 3 nitrogen and oxygen atoms in total. The summed E-state index contributed by atoms with van der Waals surface area (Å²) in [6.45, 7) is 5.58. The Morgan fingerprint density at radius 3 is 3.00 bits per heavy atom. The van der Waals surface area contributed by atoms with Gasteiger partial charge in [0.2, 0.25) is 0 Å². The number of halogens is 1. The van der Waals surface area contributed by atoms with Crippen molar-refractivity contribution < 1.29 is 4.79 Å².